The van der Waals surface area contributed by atoms with Gasteiger partial charge in [-0.2, -0.15) is 0 Å². The molecule has 2 atom stereocenters. The van der Waals surface area contributed by atoms with Crippen molar-refractivity contribution in [3.05, 3.63) is 175 Å². The number of hydrogen-bond acceptors (Lipinski definition) is 1. The maximum absolute atomic E-state index is 7.24. The maximum atomic E-state index is 7.24. The summed E-state index contributed by atoms with van der Waals surface area (Å²) in [4.78, 5) is 5.27. The van der Waals surface area contributed by atoms with E-state index in [1.807, 2.05) is 6.07 Å². The first-order chi connectivity index (χ1) is 25.2. The zero-order valence-electron chi connectivity index (χ0n) is 28.8. The number of nitrogens with two attached hydrogens (primary N) is 1. The Morgan fingerprint density at radius 2 is 1.33 bits per heavy atom. The molecule has 8 aromatic rings. The SMILES string of the molecule is CC(/C=C(\N=C(N)n1c2ccccc2c2cccc(-c3cccc4c3c3ccccc3n4C3C=CCCC3)c21)c1ccccc1)c1ccccc1. The van der Waals surface area contributed by atoms with Crippen LogP contribution < -0.4 is 5.73 Å². The Balaban J connectivity index is 1.31. The van der Waals surface area contributed by atoms with Crippen LogP contribution in [-0.2, 0) is 0 Å². The van der Waals surface area contributed by atoms with Crippen molar-refractivity contribution < 1.29 is 0 Å². The summed E-state index contributed by atoms with van der Waals surface area (Å²) in [6.07, 6.45) is 10.5. The molecule has 1 aliphatic carbocycles. The van der Waals surface area contributed by atoms with Gasteiger partial charge in [0.2, 0.25) is 5.96 Å². The predicted molar refractivity (Wildman–Crippen MR) is 216 cm³/mol. The van der Waals surface area contributed by atoms with Crippen LogP contribution in [-0.4, -0.2) is 15.1 Å². The number of para-hydroxylation sites is 3. The second-order valence-electron chi connectivity index (χ2n) is 13.7. The van der Waals surface area contributed by atoms with Crippen molar-refractivity contribution in [2.75, 3.05) is 0 Å². The topological polar surface area (TPSA) is 48.2 Å². The molecule has 2 N–H and O–H groups in total. The molecule has 0 bridgehead atoms. The van der Waals surface area contributed by atoms with Crippen molar-refractivity contribution in [2.24, 2.45) is 10.7 Å². The number of hydrogen-bond donors (Lipinski definition) is 1. The molecule has 4 heteroatoms. The van der Waals surface area contributed by atoms with Gasteiger partial charge in [-0.1, -0.05) is 153 Å². The third-order valence-electron chi connectivity index (χ3n) is 10.5. The normalized spacial score (nSPS) is 16.1. The average Bonchev–Trinajstić information content (AvgIpc) is 3.72. The molecule has 248 valence electrons. The number of allylic oxidation sites excluding steroid dienone is 3. The minimum atomic E-state index is 0.139. The zero-order chi connectivity index (χ0) is 34.3. The molecule has 0 saturated heterocycles. The smallest absolute Gasteiger partial charge is 0.205 e. The Kier molecular flexibility index (Phi) is 7.85. The van der Waals surface area contributed by atoms with E-state index in [2.05, 4.69) is 174 Å². The Morgan fingerprint density at radius 3 is 2.12 bits per heavy atom. The summed E-state index contributed by atoms with van der Waals surface area (Å²) in [5.74, 6) is 0.576. The molecule has 1 aliphatic rings. The van der Waals surface area contributed by atoms with Crippen molar-refractivity contribution in [1.29, 1.82) is 0 Å². The Labute approximate surface area is 298 Å². The van der Waals surface area contributed by atoms with E-state index in [1.165, 1.54) is 39.4 Å². The van der Waals surface area contributed by atoms with Crippen LogP contribution in [0.25, 0.3) is 60.4 Å². The number of nitrogens with zero attached hydrogens (tertiary/aromatic N) is 3. The van der Waals surface area contributed by atoms with Gasteiger partial charge in [-0.25, -0.2) is 4.99 Å². The summed E-state index contributed by atoms with van der Waals surface area (Å²) in [6.45, 7) is 2.21. The van der Waals surface area contributed by atoms with Crippen LogP contribution in [0.15, 0.2) is 169 Å². The third kappa shape index (κ3) is 5.35. The van der Waals surface area contributed by atoms with Gasteiger partial charge < -0.3 is 10.3 Å². The van der Waals surface area contributed by atoms with Crippen molar-refractivity contribution in [2.45, 2.75) is 38.1 Å². The van der Waals surface area contributed by atoms with E-state index < -0.39 is 0 Å². The summed E-state index contributed by atoms with van der Waals surface area (Å²) in [6, 6.07) is 52.1. The Bertz CT molecular complexity index is 2640. The number of fused-ring (bicyclic) bond motifs is 6. The van der Waals surface area contributed by atoms with Gasteiger partial charge in [-0.05, 0) is 54.2 Å². The third-order valence-corrected chi connectivity index (χ3v) is 10.5. The lowest BCUT2D eigenvalue weighted by Gasteiger charge is -2.21. The lowest BCUT2D eigenvalue weighted by molar-refractivity contribution is 0.542. The van der Waals surface area contributed by atoms with Gasteiger partial charge in [0, 0.05) is 38.5 Å². The maximum Gasteiger partial charge on any atom is 0.205 e. The van der Waals surface area contributed by atoms with Gasteiger partial charge in [-0.3, -0.25) is 4.57 Å². The highest BCUT2D eigenvalue weighted by atomic mass is 15.2. The highest BCUT2D eigenvalue weighted by molar-refractivity contribution is 6.22. The summed E-state index contributed by atoms with van der Waals surface area (Å²) >= 11 is 0. The number of rotatable bonds is 6. The van der Waals surface area contributed by atoms with E-state index in [9.17, 15) is 0 Å². The van der Waals surface area contributed by atoms with Crippen LogP contribution in [0.5, 0.6) is 0 Å². The van der Waals surface area contributed by atoms with E-state index >= 15 is 0 Å². The Hall–Kier alpha value is -6.13. The number of aromatic nitrogens is 2. The minimum Gasteiger partial charge on any atom is -0.369 e. The average molecular weight is 661 g/mol. The highest BCUT2D eigenvalue weighted by Crippen LogP contribution is 2.43. The summed E-state index contributed by atoms with van der Waals surface area (Å²) in [5, 5.41) is 4.85. The number of benzene rings is 6. The molecule has 9 rings (SSSR count). The van der Waals surface area contributed by atoms with Gasteiger partial charge in [0.1, 0.15) is 0 Å². The molecule has 6 aromatic carbocycles. The van der Waals surface area contributed by atoms with Crippen molar-refractivity contribution in [1.82, 2.24) is 9.13 Å². The summed E-state index contributed by atoms with van der Waals surface area (Å²) in [5.41, 5.74) is 17.3. The molecule has 2 heterocycles. The quantitative estimate of drug-likeness (QED) is 0.108. The first-order valence-corrected chi connectivity index (χ1v) is 18.0. The molecule has 0 spiro atoms. The van der Waals surface area contributed by atoms with E-state index in [0.29, 0.717) is 12.0 Å². The zero-order valence-corrected chi connectivity index (χ0v) is 28.8. The summed E-state index contributed by atoms with van der Waals surface area (Å²) in [7, 11) is 0. The molecule has 0 amide bonds. The molecule has 0 aliphatic heterocycles. The number of aliphatic imine (C=N–C) groups is 1. The van der Waals surface area contributed by atoms with Crippen LogP contribution in [0.3, 0.4) is 0 Å². The van der Waals surface area contributed by atoms with E-state index in [4.69, 9.17) is 10.7 Å². The fourth-order valence-corrected chi connectivity index (χ4v) is 8.18. The van der Waals surface area contributed by atoms with E-state index in [1.54, 1.807) is 0 Å². The summed E-state index contributed by atoms with van der Waals surface area (Å²) < 4.78 is 4.73. The first kappa shape index (κ1) is 30.9. The van der Waals surface area contributed by atoms with E-state index in [0.717, 1.165) is 51.5 Å². The molecule has 4 nitrogen and oxygen atoms in total. The monoisotopic (exact) mass is 660 g/mol. The fourth-order valence-electron chi connectivity index (χ4n) is 8.18. The van der Waals surface area contributed by atoms with Crippen LogP contribution in [0.2, 0.25) is 0 Å². The standard InChI is InChI=1S/C47H40N4/c1-32(33-17-5-2-6-18-33)31-41(34-19-7-3-8-20-34)49-47(48)51-42-28-13-11-23-36(42)38-26-15-27-39(46(38)51)37-25-16-30-44-45(37)40-24-12-14-29-43(40)50(44)35-21-9-4-10-22-35/h2-3,5-9,11-21,23-32,35H,4,10,22H2,1H3,(H2,48,49)/b41-31-. The minimum absolute atomic E-state index is 0.139. The lowest BCUT2D eigenvalue weighted by Crippen LogP contribution is -2.22. The fraction of sp³-hybridized carbons (Fsp3) is 0.128. The molecular formula is C47H40N4. The molecule has 0 fully saturated rings. The second-order valence-corrected chi connectivity index (χ2v) is 13.7. The predicted octanol–water partition coefficient (Wildman–Crippen LogP) is 11.9. The molecule has 2 aromatic heterocycles. The van der Waals surface area contributed by atoms with E-state index in [-0.39, 0.29) is 5.92 Å². The molecule has 51 heavy (non-hydrogen) atoms. The van der Waals surface area contributed by atoms with Crippen LogP contribution in [0.4, 0.5) is 0 Å². The van der Waals surface area contributed by atoms with Gasteiger partial charge in [0.05, 0.1) is 28.3 Å². The van der Waals surface area contributed by atoms with Gasteiger partial charge in [0.25, 0.3) is 0 Å². The van der Waals surface area contributed by atoms with Crippen molar-refractivity contribution in [3.8, 4) is 11.1 Å². The second kappa shape index (κ2) is 13.0. The highest BCUT2D eigenvalue weighted by Gasteiger charge is 2.23. The molecule has 2 unspecified atom stereocenters. The first-order valence-electron chi connectivity index (χ1n) is 18.0. The van der Waals surface area contributed by atoms with Crippen molar-refractivity contribution >= 4 is 55.3 Å². The van der Waals surface area contributed by atoms with Gasteiger partial charge in [-0.15, -0.1) is 0 Å². The molecular weight excluding hydrogens is 621 g/mol. The molecule has 0 saturated carbocycles. The van der Waals surface area contributed by atoms with Crippen LogP contribution >= 0.6 is 0 Å². The van der Waals surface area contributed by atoms with Gasteiger partial charge >= 0.3 is 0 Å². The largest absolute Gasteiger partial charge is 0.369 e. The van der Waals surface area contributed by atoms with Crippen LogP contribution in [0.1, 0.15) is 49.3 Å². The Morgan fingerprint density at radius 1 is 0.686 bits per heavy atom. The molecule has 0 radical (unpaired) electrons. The van der Waals surface area contributed by atoms with Crippen LogP contribution in [0, 0.1) is 0 Å². The van der Waals surface area contributed by atoms with Gasteiger partial charge in [0.15, 0.2) is 0 Å². The lowest BCUT2D eigenvalue weighted by atomic mass is 9.97. The van der Waals surface area contributed by atoms with Crippen molar-refractivity contribution in [3.63, 3.8) is 0 Å².